The van der Waals surface area contributed by atoms with E-state index in [-0.39, 0.29) is 11.6 Å². The van der Waals surface area contributed by atoms with Crippen molar-refractivity contribution in [1.82, 2.24) is 9.88 Å². The summed E-state index contributed by atoms with van der Waals surface area (Å²) in [5, 5.41) is 11.6. The van der Waals surface area contributed by atoms with Crippen LogP contribution in [-0.4, -0.2) is 35.3 Å². The van der Waals surface area contributed by atoms with Crippen molar-refractivity contribution in [1.29, 1.82) is 5.26 Å². The number of nitrogens with zero attached hydrogens (tertiary/aromatic N) is 3. The standard InChI is InChI=1S/C19H20N4O2/c1-3-4-10-23(2)19(25)15-8-9-21-17(12-15)18(24)22-16-7-5-6-14(11-16)13-20/h5-9,11-12H,3-4,10H2,1-2H3,(H,22,24). The van der Waals surface area contributed by atoms with Gasteiger partial charge in [0.15, 0.2) is 0 Å². The van der Waals surface area contributed by atoms with Crippen LogP contribution in [0, 0.1) is 11.3 Å². The summed E-state index contributed by atoms with van der Waals surface area (Å²) in [6.45, 7) is 2.73. The maximum atomic E-state index is 12.4. The average Bonchev–Trinajstić information content (AvgIpc) is 2.65. The van der Waals surface area contributed by atoms with Gasteiger partial charge in [-0.1, -0.05) is 19.4 Å². The third-order valence-corrected chi connectivity index (χ3v) is 3.68. The van der Waals surface area contributed by atoms with Gasteiger partial charge in [-0.15, -0.1) is 0 Å². The number of benzene rings is 1. The third-order valence-electron chi connectivity index (χ3n) is 3.68. The minimum absolute atomic E-state index is 0.142. The van der Waals surface area contributed by atoms with Crippen LogP contribution in [0.25, 0.3) is 0 Å². The van der Waals surface area contributed by atoms with Crippen molar-refractivity contribution in [3.8, 4) is 6.07 Å². The maximum Gasteiger partial charge on any atom is 0.274 e. The lowest BCUT2D eigenvalue weighted by Gasteiger charge is -2.16. The second kappa shape index (κ2) is 8.60. The molecule has 0 aliphatic rings. The average molecular weight is 336 g/mol. The molecule has 0 saturated carbocycles. The highest BCUT2D eigenvalue weighted by Gasteiger charge is 2.15. The van der Waals surface area contributed by atoms with Gasteiger partial charge in [-0.05, 0) is 36.8 Å². The minimum Gasteiger partial charge on any atom is -0.342 e. The molecule has 1 heterocycles. The van der Waals surface area contributed by atoms with Crippen LogP contribution >= 0.6 is 0 Å². The zero-order valence-corrected chi connectivity index (χ0v) is 14.3. The van der Waals surface area contributed by atoms with Crippen molar-refractivity contribution in [3.63, 3.8) is 0 Å². The fraction of sp³-hybridized carbons (Fsp3) is 0.263. The zero-order valence-electron chi connectivity index (χ0n) is 14.3. The molecule has 2 amide bonds. The van der Waals surface area contributed by atoms with Crippen molar-refractivity contribution in [3.05, 3.63) is 59.4 Å². The first kappa shape index (κ1) is 18.1. The van der Waals surface area contributed by atoms with E-state index in [1.165, 1.54) is 12.3 Å². The van der Waals surface area contributed by atoms with E-state index in [0.29, 0.717) is 23.4 Å². The van der Waals surface area contributed by atoms with E-state index in [9.17, 15) is 9.59 Å². The Morgan fingerprint density at radius 2 is 2.08 bits per heavy atom. The largest absolute Gasteiger partial charge is 0.342 e. The molecule has 0 atom stereocenters. The number of unbranched alkanes of at least 4 members (excludes halogenated alkanes) is 1. The van der Waals surface area contributed by atoms with Gasteiger partial charge in [-0.25, -0.2) is 0 Å². The molecule has 6 nitrogen and oxygen atoms in total. The zero-order chi connectivity index (χ0) is 18.2. The van der Waals surface area contributed by atoms with Gasteiger partial charge in [0.05, 0.1) is 11.6 Å². The number of rotatable bonds is 6. The Kier molecular flexibility index (Phi) is 6.24. The van der Waals surface area contributed by atoms with Crippen LogP contribution in [0.5, 0.6) is 0 Å². The quantitative estimate of drug-likeness (QED) is 0.878. The predicted octanol–water partition coefficient (Wildman–Crippen LogP) is 3.08. The molecule has 0 spiro atoms. The van der Waals surface area contributed by atoms with Crippen molar-refractivity contribution < 1.29 is 9.59 Å². The Morgan fingerprint density at radius 1 is 1.28 bits per heavy atom. The Morgan fingerprint density at radius 3 is 2.80 bits per heavy atom. The van der Waals surface area contributed by atoms with E-state index in [2.05, 4.69) is 17.2 Å². The molecule has 2 rings (SSSR count). The summed E-state index contributed by atoms with van der Waals surface area (Å²) in [6.07, 6.45) is 3.38. The van der Waals surface area contributed by atoms with Crippen LogP contribution in [0.2, 0.25) is 0 Å². The molecule has 1 aromatic carbocycles. The topological polar surface area (TPSA) is 86.1 Å². The van der Waals surface area contributed by atoms with Crippen LogP contribution in [0.4, 0.5) is 5.69 Å². The van der Waals surface area contributed by atoms with E-state index >= 15 is 0 Å². The molecule has 0 radical (unpaired) electrons. The van der Waals surface area contributed by atoms with E-state index < -0.39 is 5.91 Å². The van der Waals surface area contributed by atoms with Gasteiger partial charge in [0.1, 0.15) is 5.69 Å². The molecule has 0 unspecified atom stereocenters. The highest BCUT2D eigenvalue weighted by Crippen LogP contribution is 2.12. The van der Waals surface area contributed by atoms with Crippen LogP contribution in [0.15, 0.2) is 42.6 Å². The number of anilines is 1. The number of hydrogen-bond acceptors (Lipinski definition) is 4. The van der Waals surface area contributed by atoms with Crippen molar-refractivity contribution in [2.75, 3.05) is 18.9 Å². The molecule has 0 saturated heterocycles. The number of hydrogen-bond donors (Lipinski definition) is 1. The Balaban J connectivity index is 2.13. The molecular formula is C19H20N4O2. The summed E-state index contributed by atoms with van der Waals surface area (Å²) in [7, 11) is 1.74. The van der Waals surface area contributed by atoms with Gasteiger partial charge in [-0.2, -0.15) is 5.26 Å². The second-order valence-corrected chi connectivity index (χ2v) is 5.66. The Labute approximate surface area is 147 Å². The van der Waals surface area contributed by atoms with E-state index in [1.54, 1.807) is 42.3 Å². The lowest BCUT2D eigenvalue weighted by molar-refractivity contribution is 0.0793. The molecule has 1 N–H and O–H groups in total. The monoisotopic (exact) mass is 336 g/mol. The fourth-order valence-electron chi connectivity index (χ4n) is 2.27. The number of nitrogens with one attached hydrogen (secondary N) is 1. The van der Waals surface area contributed by atoms with Crippen LogP contribution in [-0.2, 0) is 0 Å². The van der Waals surface area contributed by atoms with Gasteiger partial charge >= 0.3 is 0 Å². The smallest absolute Gasteiger partial charge is 0.274 e. The summed E-state index contributed by atoms with van der Waals surface area (Å²) in [6, 6.07) is 11.7. The number of carbonyl (C=O) groups is 2. The number of nitriles is 1. The summed E-state index contributed by atoms with van der Waals surface area (Å²) >= 11 is 0. The molecule has 1 aromatic heterocycles. The van der Waals surface area contributed by atoms with Gasteiger partial charge in [0, 0.05) is 31.0 Å². The van der Waals surface area contributed by atoms with Crippen LogP contribution < -0.4 is 5.32 Å². The first-order chi connectivity index (χ1) is 12.0. The highest BCUT2D eigenvalue weighted by molar-refractivity contribution is 6.04. The number of amides is 2. The predicted molar refractivity (Wildman–Crippen MR) is 95.2 cm³/mol. The molecule has 0 fully saturated rings. The molecule has 6 heteroatoms. The van der Waals surface area contributed by atoms with Crippen molar-refractivity contribution >= 4 is 17.5 Å². The van der Waals surface area contributed by atoms with Gasteiger partial charge in [-0.3, -0.25) is 14.6 Å². The normalized spacial score (nSPS) is 9.96. The third kappa shape index (κ3) is 4.88. The summed E-state index contributed by atoms with van der Waals surface area (Å²) in [5.74, 6) is -0.572. The van der Waals surface area contributed by atoms with Crippen molar-refractivity contribution in [2.24, 2.45) is 0 Å². The highest BCUT2D eigenvalue weighted by atomic mass is 16.2. The van der Waals surface area contributed by atoms with Gasteiger partial charge in [0.2, 0.25) is 0 Å². The molecule has 25 heavy (non-hydrogen) atoms. The number of carbonyl (C=O) groups excluding carboxylic acids is 2. The molecule has 2 aromatic rings. The lowest BCUT2D eigenvalue weighted by Crippen LogP contribution is -2.28. The maximum absolute atomic E-state index is 12.4. The SMILES string of the molecule is CCCCN(C)C(=O)c1ccnc(C(=O)Nc2cccc(C#N)c2)c1. The second-order valence-electron chi connectivity index (χ2n) is 5.66. The van der Waals surface area contributed by atoms with Crippen LogP contribution in [0.1, 0.15) is 46.2 Å². The first-order valence-electron chi connectivity index (χ1n) is 8.08. The fourth-order valence-corrected chi connectivity index (χ4v) is 2.27. The first-order valence-corrected chi connectivity index (χ1v) is 8.08. The van der Waals surface area contributed by atoms with Crippen molar-refractivity contribution in [2.45, 2.75) is 19.8 Å². The summed E-state index contributed by atoms with van der Waals surface area (Å²) in [4.78, 5) is 30.4. The molecule has 0 aliphatic heterocycles. The molecule has 0 aliphatic carbocycles. The summed E-state index contributed by atoms with van der Waals surface area (Å²) in [5.41, 5.74) is 1.52. The molecule has 128 valence electrons. The Hall–Kier alpha value is -3.20. The molecule has 0 bridgehead atoms. The van der Waals surface area contributed by atoms with Crippen LogP contribution in [0.3, 0.4) is 0 Å². The number of aromatic nitrogens is 1. The Bertz CT molecular complexity index is 811. The van der Waals surface area contributed by atoms with E-state index in [4.69, 9.17) is 5.26 Å². The van der Waals surface area contributed by atoms with Gasteiger partial charge < -0.3 is 10.2 Å². The minimum atomic E-state index is -0.430. The summed E-state index contributed by atoms with van der Waals surface area (Å²) < 4.78 is 0. The van der Waals surface area contributed by atoms with E-state index in [0.717, 1.165) is 12.8 Å². The lowest BCUT2D eigenvalue weighted by atomic mass is 10.1. The van der Waals surface area contributed by atoms with E-state index in [1.807, 2.05) is 6.07 Å². The number of pyridine rings is 1. The van der Waals surface area contributed by atoms with Gasteiger partial charge in [0.25, 0.3) is 11.8 Å². The molecular weight excluding hydrogens is 316 g/mol.